The van der Waals surface area contributed by atoms with Gasteiger partial charge in [-0.15, -0.1) is 0 Å². The van der Waals surface area contributed by atoms with E-state index in [0.717, 1.165) is 19.4 Å². The Labute approximate surface area is 114 Å². The van der Waals surface area contributed by atoms with Gasteiger partial charge in [0.1, 0.15) is 0 Å². The molecule has 2 rings (SSSR count). The molecular weight excluding hydrogens is 244 g/mol. The second-order valence-corrected chi connectivity index (χ2v) is 5.55. The Bertz CT molecular complexity index is 359. The Morgan fingerprint density at radius 1 is 1.53 bits per heavy atom. The molecule has 0 spiro atoms. The van der Waals surface area contributed by atoms with Crippen LogP contribution in [0, 0.1) is 5.92 Å². The smallest absolute Gasteiger partial charge is 0.231 e. The predicted octanol–water partition coefficient (Wildman–Crippen LogP) is 0.502. The van der Waals surface area contributed by atoms with Gasteiger partial charge in [0, 0.05) is 18.6 Å². The molecule has 0 radical (unpaired) electrons. The van der Waals surface area contributed by atoms with Crippen molar-refractivity contribution in [2.75, 3.05) is 13.1 Å². The van der Waals surface area contributed by atoms with E-state index in [4.69, 9.17) is 10.9 Å². The molecule has 0 aromatic rings. The van der Waals surface area contributed by atoms with Crippen molar-refractivity contribution in [3.8, 4) is 0 Å². The van der Waals surface area contributed by atoms with Crippen LogP contribution in [0.2, 0.25) is 0 Å². The van der Waals surface area contributed by atoms with Crippen LogP contribution in [0.4, 0.5) is 0 Å². The Morgan fingerprint density at radius 3 is 3.00 bits per heavy atom. The zero-order valence-corrected chi connectivity index (χ0v) is 11.5. The van der Waals surface area contributed by atoms with Crippen molar-refractivity contribution in [1.29, 1.82) is 0 Å². The van der Waals surface area contributed by atoms with Crippen LogP contribution in [0.25, 0.3) is 0 Å². The van der Waals surface area contributed by atoms with Gasteiger partial charge in [0.2, 0.25) is 5.91 Å². The van der Waals surface area contributed by atoms with Gasteiger partial charge in [-0.1, -0.05) is 12.1 Å². The molecule has 2 heterocycles. The maximum absolute atomic E-state index is 12.1. The molecule has 4 N–H and O–H groups in total. The Hall–Kier alpha value is -1.30. The van der Waals surface area contributed by atoms with Gasteiger partial charge < -0.3 is 21.2 Å². The zero-order chi connectivity index (χ0) is 13.8. The number of carbonyl (C=O) groups is 1. The normalized spacial score (nSPS) is 29.8. The fraction of sp³-hybridized carbons (Fsp3) is 0.846. The van der Waals surface area contributed by atoms with Crippen molar-refractivity contribution in [1.82, 2.24) is 10.2 Å². The highest BCUT2D eigenvalue weighted by Gasteiger charge is 2.33. The molecule has 0 aromatic carbocycles. The van der Waals surface area contributed by atoms with Crippen LogP contribution in [-0.4, -0.2) is 47.0 Å². The standard InChI is InChI=1S/C13H24N4O2/c1-2-11(12(14)16-19)13(18)15-9-5-7-17-6-3-4-10(17)8-9/h9-11,19H,2-8H2,1H3,(H2,14,16)(H,15,18). The fourth-order valence-corrected chi connectivity index (χ4v) is 3.26. The molecule has 19 heavy (non-hydrogen) atoms. The summed E-state index contributed by atoms with van der Waals surface area (Å²) in [4.78, 5) is 14.7. The average molecular weight is 268 g/mol. The van der Waals surface area contributed by atoms with Crippen molar-refractivity contribution in [3.63, 3.8) is 0 Å². The van der Waals surface area contributed by atoms with Gasteiger partial charge in [-0.3, -0.25) is 4.79 Å². The molecule has 2 fully saturated rings. The highest BCUT2D eigenvalue weighted by Crippen LogP contribution is 2.27. The molecule has 3 atom stereocenters. The van der Waals surface area contributed by atoms with E-state index in [2.05, 4.69) is 15.4 Å². The molecule has 2 aliphatic heterocycles. The molecule has 1 amide bonds. The highest BCUT2D eigenvalue weighted by molar-refractivity contribution is 6.02. The highest BCUT2D eigenvalue weighted by atomic mass is 16.4. The zero-order valence-electron chi connectivity index (χ0n) is 11.5. The van der Waals surface area contributed by atoms with Crippen molar-refractivity contribution < 1.29 is 10.0 Å². The van der Waals surface area contributed by atoms with Gasteiger partial charge in [0.25, 0.3) is 0 Å². The van der Waals surface area contributed by atoms with E-state index in [1.54, 1.807) is 0 Å². The topological polar surface area (TPSA) is 91.0 Å². The molecule has 0 bridgehead atoms. The lowest BCUT2D eigenvalue weighted by Crippen LogP contribution is -2.50. The fourth-order valence-electron chi connectivity index (χ4n) is 3.26. The van der Waals surface area contributed by atoms with Crippen molar-refractivity contribution in [3.05, 3.63) is 0 Å². The molecule has 2 saturated heterocycles. The largest absolute Gasteiger partial charge is 0.409 e. The van der Waals surface area contributed by atoms with Crippen LogP contribution < -0.4 is 11.1 Å². The van der Waals surface area contributed by atoms with Gasteiger partial charge in [0.05, 0.1) is 5.92 Å². The molecule has 108 valence electrons. The molecule has 6 nitrogen and oxygen atoms in total. The summed E-state index contributed by atoms with van der Waals surface area (Å²) in [6.45, 7) is 4.13. The minimum atomic E-state index is -0.522. The van der Waals surface area contributed by atoms with E-state index in [-0.39, 0.29) is 17.8 Å². The summed E-state index contributed by atoms with van der Waals surface area (Å²) < 4.78 is 0. The number of hydrogen-bond acceptors (Lipinski definition) is 4. The predicted molar refractivity (Wildman–Crippen MR) is 72.9 cm³/mol. The van der Waals surface area contributed by atoms with E-state index < -0.39 is 5.92 Å². The first-order chi connectivity index (χ1) is 9.15. The quantitative estimate of drug-likeness (QED) is 0.300. The minimum absolute atomic E-state index is 0.00157. The number of piperidine rings is 1. The van der Waals surface area contributed by atoms with Crippen molar-refractivity contribution in [2.24, 2.45) is 16.8 Å². The summed E-state index contributed by atoms with van der Waals surface area (Å²) >= 11 is 0. The molecular formula is C13H24N4O2. The molecule has 0 aromatic heterocycles. The molecule has 6 heteroatoms. The second-order valence-electron chi connectivity index (χ2n) is 5.55. The number of amides is 1. The minimum Gasteiger partial charge on any atom is -0.409 e. The van der Waals surface area contributed by atoms with Gasteiger partial charge in [0.15, 0.2) is 5.84 Å². The molecule has 0 aliphatic carbocycles. The first-order valence-electron chi connectivity index (χ1n) is 7.17. The first kappa shape index (κ1) is 14.1. The summed E-state index contributed by atoms with van der Waals surface area (Å²) in [5.74, 6) is -0.640. The number of fused-ring (bicyclic) bond motifs is 1. The van der Waals surface area contributed by atoms with Crippen LogP contribution in [0.1, 0.15) is 39.0 Å². The Kier molecular flexibility index (Phi) is 4.63. The third-order valence-corrected chi connectivity index (χ3v) is 4.36. The number of nitrogens with two attached hydrogens (primary N) is 1. The lowest BCUT2D eigenvalue weighted by atomic mass is 9.96. The number of rotatable bonds is 4. The monoisotopic (exact) mass is 268 g/mol. The lowest BCUT2D eigenvalue weighted by Gasteiger charge is -2.35. The Balaban J connectivity index is 1.88. The van der Waals surface area contributed by atoms with E-state index in [1.165, 1.54) is 19.4 Å². The SMILES string of the molecule is CCC(C(=O)NC1CCN2CCCC2C1)C(N)=NO. The van der Waals surface area contributed by atoms with Gasteiger partial charge in [-0.05, 0) is 38.6 Å². The molecule has 3 unspecified atom stereocenters. The summed E-state index contributed by atoms with van der Waals surface area (Å²) in [7, 11) is 0. The van der Waals surface area contributed by atoms with Crippen LogP contribution in [0.15, 0.2) is 5.16 Å². The van der Waals surface area contributed by atoms with E-state index in [0.29, 0.717) is 12.5 Å². The van der Waals surface area contributed by atoms with Crippen LogP contribution in [-0.2, 0) is 4.79 Å². The van der Waals surface area contributed by atoms with E-state index in [1.807, 2.05) is 6.92 Å². The third-order valence-electron chi connectivity index (χ3n) is 4.36. The number of hydrogen-bond donors (Lipinski definition) is 3. The van der Waals surface area contributed by atoms with Crippen LogP contribution in [0.5, 0.6) is 0 Å². The first-order valence-corrected chi connectivity index (χ1v) is 7.17. The number of nitrogens with zero attached hydrogens (tertiary/aromatic N) is 2. The number of oxime groups is 1. The summed E-state index contributed by atoms with van der Waals surface area (Å²) in [5.41, 5.74) is 5.55. The van der Waals surface area contributed by atoms with E-state index >= 15 is 0 Å². The van der Waals surface area contributed by atoms with Crippen LogP contribution >= 0.6 is 0 Å². The van der Waals surface area contributed by atoms with Crippen molar-refractivity contribution >= 4 is 11.7 Å². The molecule has 0 saturated carbocycles. The number of nitrogens with one attached hydrogen (secondary N) is 1. The lowest BCUT2D eigenvalue weighted by molar-refractivity contribution is -0.124. The second kappa shape index (κ2) is 6.23. The number of amidine groups is 1. The maximum Gasteiger partial charge on any atom is 0.231 e. The summed E-state index contributed by atoms with van der Waals surface area (Å²) in [6, 6.07) is 0.857. The van der Waals surface area contributed by atoms with Crippen LogP contribution in [0.3, 0.4) is 0 Å². The summed E-state index contributed by atoms with van der Waals surface area (Å²) in [5, 5.41) is 14.7. The molecule has 2 aliphatic rings. The summed E-state index contributed by atoms with van der Waals surface area (Å²) in [6.07, 6.45) is 5.08. The van der Waals surface area contributed by atoms with Gasteiger partial charge in [-0.25, -0.2) is 0 Å². The average Bonchev–Trinajstić information content (AvgIpc) is 2.86. The Morgan fingerprint density at radius 2 is 2.32 bits per heavy atom. The van der Waals surface area contributed by atoms with Crippen molar-refractivity contribution in [2.45, 2.75) is 51.1 Å². The third kappa shape index (κ3) is 3.18. The maximum atomic E-state index is 12.1. The van der Waals surface area contributed by atoms with Gasteiger partial charge in [-0.2, -0.15) is 0 Å². The van der Waals surface area contributed by atoms with E-state index in [9.17, 15) is 4.79 Å². The van der Waals surface area contributed by atoms with Gasteiger partial charge >= 0.3 is 0 Å². The number of carbonyl (C=O) groups excluding carboxylic acids is 1.